The quantitative estimate of drug-likeness (QED) is 0.663. The van der Waals surface area contributed by atoms with Crippen molar-refractivity contribution in [3.8, 4) is 11.4 Å². The van der Waals surface area contributed by atoms with Gasteiger partial charge in [-0.05, 0) is 18.2 Å². The molecule has 3 rings (SSSR count). The lowest BCUT2D eigenvalue weighted by atomic mass is 10.2. The molecule has 0 spiro atoms. The van der Waals surface area contributed by atoms with E-state index in [1.54, 1.807) is 6.07 Å². The van der Waals surface area contributed by atoms with Crippen LogP contribution in [0.1, 0.15) is 10.5 Å². The number of aromatic amines is 2. The second-order valence-electron chi connectivity index (χ2n) is 3.89. The molecular weight excluding hydrogens is 254 g/mol. The summed E-state index contributed by atoms with van der Waals surface area (Å²) in [4.78, 5) is 13.9. The van der Waals surface area contributed by atoms with Gasteiger partial charge in [-0.15, -0.1) is 0 Å². The zero-order valence-corrected chi connectivity index (χ0v) is 9.82. The van der Waals surface area contributed by atoms with Crippen molar-refractivity contribution in [1.29, 1.82) is 0 Å². The molecule has 0 aliphatic rings. The van der Waals surface area contributed by atoms with Crippen molar-refractivity contribution >= 4 is 28.5 Å². The van der Waals surface area contributed by atoms with Gasteiger partial charge in [0.1, 0.15) is 11.4 Å². The SMILES string of the molecule is O=C(O)c1cc(-c2cc3ccc(Cl)cc3[nH]2)n[nH]1. The molecule has 3 aromatic rings. The van der Waals surface area contributed by atoms with Gasteiger partial charge in [-0.1, -0.05) is 17.7 Å². The molecule has 5 nitrogen and oxygen atoms in total. The lowest BCUT2D eigenvalue weighted by Crippen LogP contribution is -1.95. The molecule has 0 unspecified atom stereocenters. The minimum absolute atomic E-state index is 0.0571. The van der Waals surface area contributed by atoms with E-state index in [9.17, 15) is 4.79 Å². The fourth-order valence-electron chi connectivity index (χ4n) is 1.81. The first-order valence-electron chi connectivity index (χ1n) is 5.21. The zero-order chi connectivity index (χ0) is 12.7. The summed E-state index contributed by atoms with van der Waals surface area (Å²) >= 11 is 5.90. The van der Waals surface area contributed by atoms with Crippen LogP contribution in [0.3, 0.4) is 0 Å². The standard InChI is InChI=1S/C12H8ClN3O2/c13-7-2-1-6-3-9(14-8(6)4-7)10-5-11(12(17)18)16-15-10/h1-5,14H,(H,15,16)(H,17,18). The Hall–Kier alpha value is -2.27. The fourth-order valence-corrected chi connectivity index (χ4v) is 1.98. The van der Waals surface area contributed by atoms with Gasteiger partial charge < -0.3 is 10.1 Å². The van der Waals surface area contributed by atoms with Crippen LogP contribution >= 0.6 is 11.6 Å². The number of nitrogens with one attached hydrogen (secondary N) is 2. The van der Waals surface area contributed by atoms with Crippen LogP contribution in [-0.4, -0.2) is 26.3 Å². The van der Waals surface area contributed by atoms with Gasteiger partial charge in [0.15, 0.2) is 0 Å². The van der Waals surface area contributed by atoms with Crippen molar-refractivity contribution in [3.05, 3.63) is 41.0 Å². The highest BCUT2D eigenvalue weighted by Crippen LogP contribution is 2.25. The summed E-state index contributed by atoms with van der Waals surface area (Å²) in [5.74, 6) is -1.03. The summed E-state index contributed by atoms with van der Waals surface area (Å²) in [5.41, 5.74) is 2.25. The maximum absolute atomic E-state index is 10.8. The van der Waals surface area contributed by atoms with Crippen LogP contribution in [-0.2, 0) is 0 Å². The second-order valence-corrected chi connectivity index (χ2v) is 4.32. The van der Waals surface area contributed by atoms with Crippen molar-refractivity contribution in [2.24, 2.45) is 0 Å². The summed E-state index contributed by atoms with van der Waals surface area (Å²) in [6.45, 7) is 0. The maximum Gasteiger partial charge on any atom is 0.353 e. The summed E-state index contributed by atoms with van der Waals surface area (Å²) in [6.07, 6.45) is 0. The van der Waals surface area contributed by atoms with E-state index in [-0.39, 0.29) is 5.69 Å². The molecule has 0 aliphatic heterocycles. The zero-order valence-electron chi connectivity index (χ0n) is 9.07. The fraction of sp³-hybridized carbons (Fsp3) is 0. The van der Waals surface area contributed by atoms with E-state index in [0.29, 0.717) is 10.7 Å². The van der Waals surface area contributed by atoms with Crippen molar-refractivity contribution in [2.75, 3.05) is 0 Å². The first-order chi connectivity index (χ1) is 8.63. The van der Waals surface area contributed by atoms with Gasteiger partial charge in [-0.3, -0.25) is 5.10 Å². The van der Waals surface area contributed by atoms with Crippen LogP contribution < -0.4 is 0 Å². The van der Waals surface area contributed by atoms with Gasteiger partial charge >= 0.3 is 5.97 Å². The molecule has 1 aromatic carbocycles. The minimum atomic E-state index is -1.03. The van der Waals surface area contributed by atoms with E-state index >= 15 is 0 Å². The molecule has 2 aromatic heterocycles. The Morgan fingerprint density at radius 2 is 2.11 bits per heavy atom. The van der Waals surface area contributed by atoms with Gasteiger partial charge in [-0.25, -0.2) is 4.79 Å². The molecule has 0 saturated heterocycles. The summed E-state index contributed by atoms with van der Waals surface area (Å²) in [6, 6.07) is 8.88. The minimum Gasteiger partial charge on any atom is -0.477 e. The second kappa shape index (κ2) is 3.89. The molecule has 0 saturated carbocycles. The average Bonchev–Trinajstić information content (AvgIpc) is 2.93. The van der Waals surface area contributed by atoms with E-state index in [4.69, 9.17) is 16.7 Å². The van der Waals surface area contributed by atoms with E-state index < -0.39 is 5.97 Å². The van der Waals surface area contributed by atoms with Gasteiger partial charge in [-0.2, -0.15) is 5.10 Å². The third-order valence-corrected chi connectivity index (χ3v) is 2.90. The van der Waals surface area contributed by atoms with Crippen LogP contribution in [0.2, 0.25) is 5.02 Å². The number of hydrogen-bond acceptors (Lipinski definition) is 2. The Balaban J connectivity index is 2.10. The van der Waals surface area contributed by atoms with Crippen LogP contribution in [0.4, 0.5) is 0 Å². The predicted molar refractivity (Wildman–Crippen MR) is 67.8 cm³/mol. The van der Waals surface area contributed by atoms with Crippen LogP contribution in [0.5, 0.6) is 0 Å². The number of rotatable bonds is 2. The van der Waals surface area contributed by atoms with Gasteiger partial charge in [0, 0.05) is 22.0 Å². The Labute approximate surface area is 106 Å². The first kappa shape index (κ1) is 10.9. The number of nitrogens with zero attached hydrogens (tertiary/aromatic N) is 1. The number of aromatic nitrogens is 3. The molecule has 90 valence electrons. The van der Waals surface area contributed by atoms with Crippen LogP contribution in [0.25, 0.3) is 22.3 Å². The molecule has 0 aliphatic carbocycles. The van der Waals surface area contributed by atoms with E-state index in [2.05, 4.69) is 15.2 Å². The molecule has 6 heteroatoms. The van der Waals surface area contributed by atoms with E-state index in [1.165, 1.54) is 6.07 Å². The Kier molecular flexibility index (Phi) is 2.34. The largest absolute Gasteiger partial charge is 0.477 e. The number of aromatic carboxylic acids is 1. The molecule has 0 bridgehead atoms. The van der Waals surface area contributed by atoms with Crippen LogP contribution in [0, 0.1) is 0 Å². The number of carbonyl (C=O) groups is 1. The van der Waals surface area contributed by atoms with Crippen molar-refractivity contribution in [1.82, 2.24) is 15.2 Å². The Bertz CT molecular complexity index is 745. The normalized spacial score (nSPS) is 10.9. The summed E-state index contributed by atoms with van der Waals surface area (Å²) < 4.78 is 0. The lowest BCUT2D eigenvalue weighted by Gasteiger charge is -1.89. The highest BCUT2D eigenvalue weighted by molar-refractivity contribution is 6.31. The number of fused-ring (bicyclic) bond motifs is 1. The number of carboxylic acids is 1. The highest BCUT2D eigenvalue weighted by atomic mass is 35.5. The third-order valence-electron chi connectivity index (χ3n) is 2.67. The number of benzene rings is 1. The molecule has 0 atom stereocenters. The number of halogens is 1. The van der Waals surface area contributed by atoms with Crippen molar-refractivity contribution < 1.29 is 9.90 Å². The molecule has 18 heavy (non-hydrogen) atoms. The number of H-pyrrole nitrogens is 2. The van der Waals surface area contributed by atoms with Gasteiger partial charge in [0.2, 0.25) is 0 Å². The highest BCUT2D eigenvalue weighted by Gasteiger charge is 2.11. The topological polar surface area (TPSA) is 81.8 Å². The Morgan fingerprint density at radius 1 is 1.28 bits per heavy atom. The predicted octanol–water partition coefficient (Wildman–Crippen LogP) is 2.91. The molecule has 3 N–H and O–H groups in total. The summed E-state index contributed by atoms with van der Waals surface area (Å²) in [5, 5.41) is 16.9. The molecule has 2 heterocycles. The van der Waals surface area contributed by atoms with E-state index in [1.807, 2.05) is 18.2 Å². The molecule has 0 radical (unpaired) electrons. The van der Waals surface area contributed by atoms with Crippen molar-refractivity contribution in [3.63, 3.8) is 0 Å². The molecule has 0 fully saturated rings. The first-order valence-corrected chi connectivity index (χ1v) is 5.58. The van der Waals surface area contributed by atoms with Crippen molar-refractivity contribution in [2.45, 2.75) is 0 Å². The monoisotopic (exact) mass is 261 g/mol. The average molecular weight is 262 g/mol. The maximum atomic E-state index is 10.8. The third kappa shape index (κ3) is 1.74. The van der Waals surface area contributed by atoms with E-state index in [0.717, 1.165) is 16.6 Å². The molecular formula is C12H8ClN3O2. The van der Waals surface area contributed by atoms with Gasteiger partial charge in [0.25, 0.3) is 0 Å². The number of carboxylic acid groups (broad SMARTS) is 1. The number of hydrogen-bond donors (Lipinski definition) is 3. The molecule has 0 amide bonds. The smallest absolute Gasteiger partial charge is 0.353 e. The Morgan fingerprint density at radius 3 is 2.83 bits per heavy atom. The lowest BCUT2D eigenvalue weighted by molar-refractivity contribution is 0.0690. The summed E-state index contributed by atoms with van der Waals surface area (Å²) in [7, 11) is 0. The van der Waals surface area contributed by atoms with Crippen LogP contribution in [0.15, 0.2) is 30.3 Å². The van der Waals surface area contributed by atoms with Gasteiger partial charge in [0.05, 0.1) is 5.69 Å².